The van der Waals surface area contributed by atoms with Crippen molar-refractivity contribution in [3.63, 3.8) is 0 Å². The molecule has 2 rings (SSSR count). The van der Waals surface area contributed by atoms with E-state index in [-0.39, 0.29) is 11.5 Å². The Hall–Kier alpha value is -2.03. The van der Waals surface area contributed by atoms with Gasteiger partial charge < -0.3 is 21.1 Å². The molecule has 1 aromatic carbocycles. The first-order chi connectivity index (χ1) is 11.5. The highest BCUT2D eigenvalue weighted by Crippen LogP contribution is 2.34. The van der Waals surface area contributed by atoms with Crippen molar-refractivity contribution in [2.75, 3.05) is 25.4 Å². The Labute approximate surface area is 148 Å². The number of nitrogen functional groups attached to an aromatic ring is 1. The maximum Gasteiger partial charge on any atom is 0.277 e. The summed E-state index contributed by atoms with van der Waals surface area (Å²) in [6.07, 6.45) is 0. The number of benzene rings is 1. The fourth-order valence-corrected chi connectivity index (χ4v) is 2.57. The molecule has 1 aromatic heterocycles. The molecule has 0 aliphatic heterocycles. The fourth-order valence-electron chi connectivity index (χ4n) is 1.93. The third-order valence-electron chi connectivity index (χ3n) is 2.99. The highest BCUT2D eigenvalue weighted by atomic mass is 35.5. The first-order valence-electron chi connectivity index (χ1n) is 7.20. The van der Waals surface area contributed by atoms with Crippen LogP contribution in [0.2, 0.25) is 10.0 Å². The van der Waals surface area contributed by atoms with Crippen molar-refractivity contribution in [3.8, 4) is 5.75 Å². The minimum Gasteiger partial charge on any atom is -0.491 e. The molecule has 0 saturated carbocycles. The van der Waals surface area contributed by atoms with Crippen LogP contribution in [0.5, 0.6) is 5.75 Å². The van der Waals surface area contributed by atoms with Crippen molar-refractivity contribution in [1.82, 2.24) is 20.9 Å². The average molecular weight is 374 g/mol. The van der Waals surface area contributed by atoms with E-state index in [0.717, 1.165) is 5.56 Å². The van der Waals surface area contributed by atoms with Gasteiger partial charge in [0.1, 0.15) is 0 Å². The van der Waals surface area contributed by atoms with Gasteiger partial charge in [-0.1, -0.05) is 23.2 Å². The number of halogens is 2. The summed E-state index contributed by atoms with van der Waals surface area (Å²) < 4.78 is 9.74. The van der Waals surface area contributed by atoms with Crippen molar-refractivity contribution in [3.05, 3.63) is 33.4 Å². The quantitative estimate of drug-likeness (QED) is 0.604. The van der Waals surface area contributed by atoms with Gasteiger partial charge in [-0.15, -0.1) is 0 Å². The Morgan fingerprint density at radius 3 is 2.58 bits per heavy atom. The average Bonchev–Trinajstić information content (AvgIpc) is 2.96. The van der Waals surface area contributed by atoms with Crippen LogP contribution < -0.4 is 21.1 Å². The van der Waals surface area contributed by atoms with Crippen LogP contribution in [0.1, 0.15) is 23.0 Å². The highest BCUT2D eigenvalue weighted by Gasteiger charge is 2.15. The van der Waals surface area contributed by atoms with Crippen LogP contribution in [0.25, 0.3) is 0 Å². The summed E-state index contributed by atoms with van der Waals surface area (Å²) in [5, 5.41) is 13.5. The van der Waals surface area contributed by atoms with E-state index in [2.05, 4.69) is 25.6 Å². The molecule has 0 aliphatic rings. The van der Waals surface area contributed by atoms with E-state index in [9.17, 15) is 4.79 Å². The number of carbonyl (C=O) groups excluding carboxylic acids is 1. The molecule has 0 atom stereocenters. The molecule has 2 aromatic rings. The van der Waals surface area contributed by atoms with E-state index in [0.29, 0.717) is 42.0 Å². The second kappa shape index (κ2) is 8.72. The molecule has 130 valence electrons. The monoisotopic (exact) mass is 373 g/mol. The van der Waals surface area contributed by atoms with Gasteiger partial charge in [-0.3, -0.25) is 4.79 Å². The van der Waals surface area contributed by atoms with Gasteiger partial charge >= 0.3 is 0 Å². The summed E-state index contributed by atoms with van der Waals surface area (Å²) in [4.78, 5) is 11.7. The van der Waals surface area contributed by atoms with Crippen LogP contribution in [0.3, 0.4) is 0 Å². The van der Waals surface area contributed by atoms with Crippen LogP contribution in [-0.4, -0.2) is 35.9 Å². The molecule has 0 unspecified atom stereocenters. The smallest absolute Gasteiger partial charge is 0.277 e. The first kappa shape index (κ1) is 18.3. The van der Waals surface area contributed by atoms with Gasteiger partial charge in [-0.05, 0) is 34.9 Å². The third kappa shape index (κ3) is 4.73. The molecule has 10 heteroatoms. The molecule has 0 fully saturated rings. The van der Waals surface area contributed by atoms with Crippen LogP contribution in [0, 0.1) is 0 Å². The van der Waals surface area contributed by atoms with E-state index < -0.39 is 5.91 Å². The maximum atomic E-state index is 11.7. The first-order valence-corrected chi connectivity index (χ1v) is 7.96. The standard InChI is InChI=1S/C14H17Cl2N5O3/c1-2-23-12-9(15)5-8(6-10(12)16)7-18-3-4-19-14(22)11-13(17)21-24-20-11/h5-6,18H,2-4,7H2,1H3,(H2,17,21)(H,19,22). The molecule has 4 N–H and O–H groups in total. The summed E-state index contributed by atoms with van der Waals surface area (Å²) in [7, 11) is 0. The Bertz CT molecular complexity index is 684. The predicted molar refractivity (Wildman–Crippen MR) is 90.4 cm³/mol. The molecule has 8 nitrogen and oxygen atoms in total. The van der Waals surface area contributed by atoms with Crippen molar-refractivity contribution in [1.29, 1.82) is 0 Å². The third-order valence-corrected chi connectivity index (χ3v) is 3.55. The molecule has 24 heavy (non-hydrogen) atoms. The lowest BCUT2D eigenvalue weighted by Gasteiger charge is -2.11. The number of amides is 1. The Balaban J connectivity index is 1.76. The van der Waals surface area contributed by atoms with Gasteiger partial charge in [0.25, 0.3) is 5.91 Å². The van der Waals surface area contributed by atoms with Gasteiger partial charge in [-0.2, -0.15) is 0 Å². The van der Waals surface area contributed by atoms with Gasteiger partial charge in [0.05, 0.1) is 16.7 Å². The number of hydrogen-bond acceptors (Lipinski definition) is 7. The summed E-state index contributed by atoms with van der Waals surface area (Å²) in [6.45, 7) is 3.79. The number of anilines is 1. The molecular formula is C14H17Cl2N5O3. The Kier molecular flexibility index (Phi) is 6.65. The zero-order chi connectivity index (χ0) is 17.5. The van der Waals surface area contributed by atoms with Crippen LogP contribution in [-0.2, 0) is 6.54 Å². The fraction of sp³-hybridized carbons (Fsp3) is 0.357. The number of nitrogens with one attached hydrogen (secondary N) is 2. The molecule has 0 spiro atoms. The zero-order valence-electron chi connectivity index (χ0n) is 12.9. The van der Waals surface area contributed by atoms with Crippen molar-refractivity contribution < 1.29 is 14.2 Å². The van der Waals surface area contributed by atoms with E-state index in [4.69, 9.17) is 33.7 Å². The van der Waals surface area contributed by atoms with Gasteiger partial charge in [0, 0.05) is 19.6 Å². The van der Waals surface area contributed by atoms with Crippen molar-refractivity contribution in [2.45, 2.75) is 13.5 Å². The van der Waals surface area contributed by atoms with Gasteiger partial charge in [0.15, 0.2) is 5.75 Å². The Morgan fingerprint density at radius 2 is 2.00 bits per heavy atom. The molecule has 0 saturated heterocycles. The van der Waals surface area contributed by atoms with E-state index in [1.54, 1.807) is 12.1 Å². The normalized spacial score (nSPS) is 10.6. The molecule has 1 amide bonds. The lowest BCUT2D eigenvalue weighted by Crippen LogP contribution is -2.32. The van der Waals surface area contributed by atoms with Crippen LogP contribution >= 0.6 is 23.2 Å². The molecule has 1 heterocycles. The second-order valence-corrected chi connectivity index (χ2v) is 5.57. The minimum atomic E-state index is -0.442. The number of aromatic nitrogens is 2. The maximum absolute atomic E-state index is 11.7. The SMILES string of the molecule is CCOc1c(Cl)cc(CNCCNC(=O)c2nonc2N)cc1Cl. The van der Waals surface area contributed by atoms with Gasteiger partial charge in [-0.25, -0.2) is 4.63 Å². The number of nitrogens with two attached hydrogens (primary N) is 1. The van der Waals surface area contributed by atoms with E-state index in [1.807, 2.05) is 6.92 Å². The predicted octanol–water partition coefficient (Wildman–Crippen LogP) is 1.88. The van der Waals surface area contributed by atoms with Crippen molar-refractivity contribution >= 4 is 34.9 Å². The summed E-state index contributed by atoms with van der Waals surface area (Å²) in [6, 6.07) is 3.57. The molecular weight excluding hydrogens is 357 g/mol. The second-order valence-electron chi connectivity index (χ2n) is 4.75. The summed E-state index contributed by atoms with van der Waals surface area (Å²) >= 11 is 12.3. The number of nitrogens with zero attached hydrogens (tertiary/aromatic N) is 2. The lowest BCUT2D eigenvalue weighted by atomic mass is 10.2. The largest absolute Gasteiger partial charge is 0.491 e. The summed E-state index contributed by atoms with van der Waals surface area (Å²) in [5.74, 6) is -0.00232. The number of carbonyl (C=O) groups is 1. The van der Waals surface area contributed by atoms with Crippen LogP contribution in [0.4, 0.5) is 5.82 Å². The van der Waals surface area contributed by atoms with Crippen LogP contribution in [0.15, 0.2) is 16.8 Å². The van der Waals surface area contributed by atoms with E-state index in [1.165, 1.54) is 0 Å². The topological polar surface area (TPSA) is 115 Å². The highest BCUT2D eigenvalue weighted by molar-refractivity contribution is 6.37. The molecule has 0 radical (unpaired) electrons. The van der Waals surface area contributed by atoms with Crippen molar-refractivity contribution in [2.24, 2.45) is 0 Å². The number of hydrogen-bond donors (Lipinski definition) is 3. The molecule has 0 bridgehead atoms. The lowest BCUT2D eigenvalue weighted by molar-refractivity contribution is 0.0944. The molecule has 0 aliphatic carbocycles. The Morgan fingerprint density at radius 1 is 1.29 bits per heavy atom. The van der Waals surface area contributed by atoms with E-state index >= 15 is 0 Å². The number of ether oxygens (including phenoxy) is 1. The zero-order valence-corrected chi connectivity index (χ0v) is 14.4. The van der Waals surface area contributed by atoms with Gasteiger partial charge in [0.2, 0.25) is 11.5 Å². The summed E-state index contributed by atoms with van der Waals surface area (Å²) in [5.41, 5.74) is 6.31. The number of rotatable bonds is 8. The minimum absolute atomic E-state index is 0.0277.